The number of hydrogen-bond acceptors (Lipinski definition) is 9. The summed E-state index contributed by atoms with van der Waals surface area (Å²) in [5.74, 6) is 1.27. The lowest BCUT2D eigenvalue weighted by Crippen LogP contribution is -2.36. The van der Waals surface area contributed by atoms with Gasteiger partial charge >= 0.3 is 6.18 Å². The summed E-state index contributed by atoms with van der Waals surface area (Å²) in [6.07, 6.45) is 0.306. The highest BCUT2D eigenvalue weighted by molar-refractivity contribution is 5.93. The van der Waals surface area contributed by atoms with Gasteiger partial charge in [0, 0.05) is 38.5 Å². The highest BCUT2D eigenvalue weighted by Gasteiger charge is 2.37. The van der Waals surface area contributed by atoms with Gasteiger partial charge in [-0.1, -0.05) is 0 Å². The molecule has 3 aromatic rings. The van der Waals surface area contributed by atoms with Gasteiger partial charge in [0.15, 0.2) is 23.4 Å². The first-order valence-electron chi connectivity index (χ1n) is 11.6. The molecule has 1 aliphatic heterocycles. The summed E-state index contributed by atoms with van der Waals surface area (Å²) in [6, 6.07) is 3.17. The highest BCUT2D eigenvalue weighted by Crippen LogP contribution is 2.39. The van der Waals surface area contributed by atoms with Gasteiger partial charge in [-0.3, -0.25) is 4.79 Å². The number of nitrogens with zero attached hydrogens (tertiary/aromatic N) is 5. The molecule has 1 fully saturated rings. The van der Waals surface area contributed by atoms with Crippen molar-refractivity contribution in [3.63, 3.8) is 0 Å². The molecule has 0 saturated heterocycles. The van der Waals surface area contributed by atoms with Crippen molar-refractivity contribution in [3.8, 4) is 17.2 Å². The molecule has 0 bridgehead atoms. The molecular formula is C24H24F3N7O4. The van der Waals surface area contributed by atoms with Crippen LogP contribution >= 0.6 is 0 Å². The number of pyridine rings is 2. The number of alkyl halides is 3. The standard InChI is InChI=1S/C24H24F3N7O4/c1-33-11-13(24(25,26)27)8-15(22(33)36)30-23-32-20-18(34(23)2)19(37-3)16(10-29-20)38-14-6-7-28-17(9-14)31-21(35)12-4-5-12/h6-12,22,36H,4-5H2,1-3H3,(H,28,31,35)(H,29,30,32). The van der Waals surface area contributed by atoms with E-state index in [9.17, 15) is 23.1 Å². The average Bonchev–Trinajstić information content (AvgIpc) is 3.67. The van der Waals surface area contributed by atoms with Crippen LogP contribution in [-0.4, -0.2) is 62.0 Å². The topological polar surface area (TPSA) is 127 Å². The summed E-state index contributed by atoms with van der Waals surface area (Å²) >= 11 is 0. The van der Waals surface area contributed by atoms with Gasteiger partial charge in [0.1, 0.15) is 17.1 Å². The summed E-state index contributed by atoms with van der Waals surface area (Å²) in [7, 11) is 4.37. The van der Waals surface area contributed by atoms with Crippen LogP contribution in [0.3, 0.4) is 0 Å². The Morgan fingerprint density at radius 3 is 2.68 bits per heavy atom. The summed E-state index contributed by atoms with van der Waals surface area (Å²) in [4.78, 5) is 25.9. The molecule has 1 atom stereocenters. The Balaban J connectivity index is 1.44. The molecule has 38 heavy (non-hydrogen) atoms. The summed E-state index contributed by atoms with van der Waals surface area (Å²) < 4.78 is 53.0. The number of hydrogen-bond donors (Lipinski definition) is 3. The number of carbonyl (C=O) groups is 1. The lowest BCUT2D eigenvalue weighted by Gasteiger charge is -2.30. The average molecular weight is 531 g/mol. The van der Waals surface area contributed by atoms with Gasteiger partial charge in [-0.25, -0.2) is 9.97 Å². The third kappa shape index (κ3) is 4.94. The molecular weight excluding hydrogens is 507 g/mol. The number of aromatic nitrogens is 4. The minimum absolute atomic E-state index is 0.0164. The lowest BCUT2D eigenvalue weighted by atomic mass is 10.1. The zero-order chi connectivity index (χ0) is 27.2. The molecule has 1 amide bonds. The first-order valence-corrected chi connectivity index (χ1v) is 11.6. The first-order chi connectivity index (χ1) is 18.0. The molecule has 200 valence electrons. The Kier molecular flexibility index (Phi) is 6.34. The third-order valence-corrected chi connectivity index (χ3v) is 6.08. The monoisotopic (exact) mass is 531 g/mol. The third-order valence-electron chi connectivity index (χ3n) is 6.08. The summed E-state index contributed by atoms with van der Waals surface area (Å²) in [5, 5.41) is 16.0. The number of carbonyl (C=O) groups excluding carboxylic acids is 1. The number of anilines is 2. The number of methoxy groups -OCH3 is 1. The molecule has 3 aromatic heterocycles. The maximum atomic E-state index is 13.3. The van der Waals surface area contributed by atoms with Gasteiger partial charge in [-0.05, 0) is 25.0 Å². The molecule has 11 nitrogen and oxygen atoms in total. The van der Waals surface area contributed by atoms with Crippen molar-refractivity contribution in [2.45, 2.75) is 25.2 Å². The van der Waals surface area contributed by atoms with Crippen molar-refractivity contribution in [2.24, 2.45) is 13.0 Å². The number of likely N-dealkylation sites (N-methyl/N-ethyl adjacent to an activating group) is 1. The quantitative estimate of drug-likeness (QED) is 0.420. The molecule has 3 N–H and O–H groups in total. The number of allylic oxidation sites excluding steroid dienone is 2. The van der Waals surface area contributed by atoms with Crippen molar-refractivity contribution in [1.82, 2.24) is 24.4 Å². The highest BCUT2D eigenvalue weighted by atomic mass is 19.4. The number of amides is 1. The van der Waals surface area contributed by atoms with E-state index in [-0.39, 0.29) is 40.6 Å². The van der Waals surface area contributed by atoms with E-state index in [0.717, 1.165) is 30.0 Å². The molecule has 0 radical (unpaired) electrons. The summed E-state index contributed by atoms with van der Waals surface area (Å²) in [6.45, 7) is 0. The predicted molar refractivity (Wildman–Crippen MR) is 130 cm³/mol. The van der Waals surface area contributed by atoms with E-state index in [1.54, 1.807) is 19.2 Å². The van der Waals surface area contributed by atoms with Crippen molar-refractivity contribution >= 4 is 28.8 Å². The second-order valence-electron chi connectivity index (χ2n) is 8.91. The molecule has 2 aliphatic rings. The van der Waals surface area contributed by atoms with E-state index in [4.69, 9.17) is 9.47 Å². The number of aliphatic hydroxyl groups excluding tert-OH is 1. The molecule has 1 unspecified atom stereocenters. The number of ether oxygens (including phenoxy) is 2. The predicted octanol–water partition coefficient (Wildman–Crippen LogP) is 3.52. The SMILES string of the molecule is COc1c(Oc2ccnc(NC(=O)C3CC3)c2)cnc2nc(NC3=CC(C(F)(F)F)=CN(C)C3O)n(C)c12. The van der Waals surface area contributed by atoms with Crippen LogP contribution in [0.25, 0.3) is 11.2 Å². The van der Waals surface area contributed by atoms with Crippen LogP contribution in [0.5, 0.6) is 17.2 Å². The zero-order valence-corrected chi connectivity index (χ0v) is 20.6. The molecule has 0 aromatic carbocycles. The van der Waals surface area contributed by atoms with Crippen molar-refractivity contribution < 1.29 is 32.5 Å². The minimum Gasteiger partial charge on any atom is -0.491 e. The number of fused-ring (bicyclic) bond motifs is 1. The largest absolute Gasteiger partial charge is 0.491 e. The Morgan fingerprint density at radius 2 is 2.00 bits per heavy atom. The fourth-order valence-electron chi connectivity index (χ4n) is 3.92. The normalized spacial score (nSPS) is 17.7. The summed E-state index contributed by atoms with van der Waals surface area (Å²) in [5.41, 5.74) is -0.413. The lowest BCUT2D eigenvalue weighted by molar-refractivity contribution is -0.117. The number of aliphatic hydroxyl groups is 1. The number of nitrogens with one attached hydrogen (secondary N) is 2. The van der Waals surface area contributed by atoms with E-state index in [1.807, 2.05) is 0 Å². The maximum Gasteiger partial charge on any atom is 0.417 e. The van der Waals surface area contributed by atoms with Crippen molar-refractivity contribution in [3.05, 3.63) is 48.1 Å². The van der Waals surface area contributed by atoms with Crippen molar-refractivity contribution in [1.29, 1.82) is 0 Å². The maximum absolute atomic E-state index is 13.3. The smallest absolute Gasteiger partial charge is 0.417 e. The zero-order valence-electron chi connectivity index (χ0n) is 20.6. The van der Waals surface area contributed by atoms with Gasteiger partial charge in [-0.15, -0.1) is 0 Å². The van der Waals surface area contributed by atoms with Crippen LogP contribution in [0.2, 0.25) is 0 Å². The van der Waals surface area contributed by atoms with Crippen molar-refractivity contribution in [2.75, 3.05) is 24.8 Å². The van der Waals surface area contributed by atoms with Crippen LogP contribution in [0.15, 0.2) is 48.1 Å². The van der Waals surface area contributed by atoms with Gasteiger partial charge < -0.3 is 34.7 Å². The van der Waals surface area contributed by atoms with E-state index < -0.39 is 18.0 Å². The Morgan fingerprint density at radius 1 is 1.24 bits per heavy atom. The second-order valence-corrected chi connectivity index (χ2v) is 8.91. The number of rotatable bonds is 7. The fourth-order valence-corrected chi connectivity index (χ4v) is 3.92. The first kappa shape index (κ1) is 25.3. The van der Waals surface area contributed by atoms with E-state index in [1.165, 1.54) is 31.1 Å². The minimum atomic E-state index is -4.60. The molecule has 4 heterocycles. The van der Waals surface area contributed by atoms with Crippen LogP contribution in [-0.2, 0) is 11.8 Å². The molecule has 1 aliphatic carbocycles. The van der Waals surface area contributed by atoms with Gasteiger partial charge in [0.2, 0.25) is 11.9 Å². The number of imidazole rings is 1. The Bertz CT molecular complexity index is 1460. The Labute approximate surface area is 214 Å². The molecule has 1 saturated carbocycles. The number of halogens is 3. The van der Waals surface area contributed by atoms with Crippen LogP contribution in [0.1, 0.15) is 12.8 Å². The van der Waals surface area contributed by atoms with E-state index >= 15 is 0 Å². The Hall–Kier alpha value is -4.33. The second kappa shape index (κ2) is 9.52. The fraction of sp³-hybridized carbons (Fsp3) is 0.333. The van der Waals surface area contributed by atoms with Crippen LogP contribution < -0.4 is 20.1 Å². The van der Waals surface area contributed by atoms with Crippen LogP contribution in [0.4, 0.5) is 24.9 Å². The van der Waals surface area contributed by atoms with Gasteiger partial charge in [0.25, 0.3) is 0 Å². The number of aryl methyl sites for hydroxylation is 1. The van der Waals surface area contributed by atoms with Crippen LogP contribution in [0, 0.1) is 5.92 Å². The van der Waals surface area contributed by atoms with Gasteiger partial charge in [0.05, 0.1) is 24.6 Å². The van der Waals surface area contributed by atoms with E-state index in [2.05, 4.69) is 25.6 Å². The molecule has 14 heteroatoms. The van der Waals surface area contributed by atoms with E-state index in [0.29, 0.717) is 17.1 Å². The van der Waals surface area contributed by atoms with Gasteiger partial charge in [-0.2, -0.15) is 18.2 Å². The molecule has 5 rings (SSSR count). The molecule has 0 spiro atoms.